The smallest absolute Gasteiger partial charge is 0.259 e. The number of ether oxygens (including phenoxy) is 1. The first-order chi connectivity index (χ1) is 10.0. The fourth-order valence-corrected chi connectivity index (χ4v) is 2.12. The van der Waals surface area contributed by atoms with E-state index in [-0.39, 0.29) is 19.1 Å². The Morgan fingerprint density at radius 3 is 2.38 bits per heavy atom. The number of amides is 1. The molecule has 0 aliphatic carbocycles. The summed E-state index contributed by atoms with van der Waals surface area (Å²) in [5.41, 5.74) is 2.11. The molecule has 1 heterocycles. The molecular weight excluding hydrogens is 270 g/mol. The van der Waals surface area contributed by atoms with Crippen LogP contribution in [0.5, 0.6) is 5.75 Å². The van der Waals surface area contributed by atoms with Gasteiger partial charge in [-0.15, -0.1) is 0 Å². The van der Waals surface area contributed by atoms with Gasteiger partial charge in [0.15, 0.2) is 0 Å². The van der Waals surface area contributed by atoms with Crippen molar-refractivity contribution in [2.45, 2.75) is 20.8 Å². The molecule has 0 fully saturated rings. The van der Waals surface area contributed by atoms with Crippen LogP contribution >= 0.6 is 0 Å². The maximum absolute atomic E-state index is 12.3. The van der Waals surface area contributed by atoms with Crippen molar-refractivity contribution < 1.29 is 19.1 Å². The zero-order valence-corrected chi connectivity index (χ0v) is 12.4. The predicted octanol–water partition coefficient (Wildman–Crippen LogP) is 2.83. The second kappa shape index (κ2) is 6.45. The summed E-state index contributed by atoms with van der Waals surface area (Å²) in [6, 6.07) is 6.99. The van der Waals surface area contributed by atoms with Crippen LogP contribution in [0, 0.1) is 20.8 Å². The lowest BCUT2D eigenvalue weighted by molar-refractivity contribution is 0.102. The van der Waals surface area contributed by atoms with Crippen molar-refractivity contribution in [3.8, 4) is 5.75 Å². The maximum Gasteiger partial charge on any atom is 0.259 e. The van der Waals surface area contributed by atoms with Gasteiger partial charge in [0.25, 0.3) is 5.91 Å². The molecule has 1 aromatic carbocycles. The molecule has 112 valence electrons. The molecule has 0 aliphatic rings. The Kier molecular flexibility index (Phi) is 4.65. The highest BCUT2D eigenvalue weighted by Gasteiger charge is 2.18. The number of nitrogens with one attached hydrogen (secondary N) is 1. The quantitative estimate of drug-likeness (QED) is 0.888. The van der Waals surface area contributed by atoms with Crippen molar-refractivity contribution in [2.24, 2.45) is 0 Å². The van der Waals surface area contributed by atoms with Gasteiger partial charge in [-0.25, -0.2) is 0 Å². The molecule has 0 bridgehead atoms. The summed E-state index contributed by atoms with van der Waals surface area (Å²) in [6.07, 6.45) is 0. The molecule has 0 atom stereocenters. The lowest BCUT2D eigenvalue weighted by Gasteiger charge is -2.07. The van der Waals surface area contributed by atoms with E-state index in [1.165, 1.54) is 0 Å². The van der Waals surface area contributed by atoms with Crippen LogP contribution in [0.15, 0.2) is 28.7 Å². The van der Waals surface area contributed by atoms with E-state index in [1.54, 1.807) is 31.2 Å². The first-order valence-electron chi connectivity index (χ1n) is 6.74. The highest BCUT2D eigenvalue weighted by Crippen LogP contribution is 2.22. The molecule has 0 radical (unpaired) electrons. The Morgan fingerprint density at radius 1 is 1.19 bits per heavy atom. The Labute approximate surface area is 123 Å². The monoisotopic (exact) mass is 289 g/mol. The second-order valence-corrected chi connectivity index (χ2v) is 4.77. The molecule has 5 heteroatoms. The molecular formula is C16H19NO4. The molecule has 1 aromatic heterocycles. The number of hydrogen-bond donors (Lipinski definition) is 2. The Hall–Kier alpha value is -2.27. The fraction of sp³-hybridized carbons (Fsp3) is 0.312. The van der Waals surface area contributed by atoms with Crippen LogP contribution in [0.3, 0.4) is 0 Å². The van der Waals surface area contributed by atoms with Crippen LogP contribution in [0.25, 0.3) is 0 Å². The number of anilines is 1. The number of carbonyl (C=O) groups excluding carboxylic acids is 1. The number of aliphatic hydroxyl groups excluding tert-OH is 1. The summed E-state index contributed by atoms with van der Waals surface area (Å²) in [6.45, 7) is 5.70. The molecule has 2 rings (SSSR count). The average Bonchev–Trinajstić information content (AvgIpc) is 2.71. The number of rotatable bonds is 5. The van der Waals surface area contributed by atoms with Gasteiger partial charge in [-0.2, -0.15) is 0 Å². The van der Waals surface area contributed by atoms with Gasteiger partial charge in [-0.3, -0.25) is 4.79 Å². The number of furan rings is 1. The predicted molar refractivity (Wildman–Crippen MR) is 79.9 cm³/mol. The van der Waals surface area contributed by atoms with Crippen molar-refractivity contribution >= 4 is 11.6 Å². The number of benzene rings is 1. The molecule has 0 aliphatic heterocycles. The lowest BCUT2D eigenvalue weighted by Crippen LogP contribution is -2.13. The molecule has 5 nitrogen and oxygen atoms in total. The molecule has 0 spiro atoms. The van der Waals surface area contributed by atoms with Gasteiger partial charge < -0.3 is 19.6 Å². The maximum atomic E-state index is 12.3. The van der Waals surface area contributed by atoms with Gasteiger partial charge in [-0.1, -0.05) is 0 Å². The third kappa shape index (κ3) is 3.44. The van der Waals surface area contributed by atoms with Crippen LogP contribution in [-0.2, 0) is 0 Å². The van der Waals surface area contributed by atoms with E-state index in [0.29, 0.717) is 22.8 Å². The average molecular weight is 289 g/mol. The lowest BCUT2D eigenvalue weighted by atomic mass is 10.1. The standard InChI is InChI=1S/C16H19NO4/c1-10-11(2)21-12(3)15(10)16(19)17-13-4-6-14(7-5-13)20-9-8-18/h4-7,18H,8-9H2,1-3H3,(H,17,19). The molecule has 0 saturated carbocycles. The van der Waals surface area contributed by atoms with E-state index in [4.69, 9.17) is 14.3 Å². The van der Waals surface area contributed by atoms with Crippen molar-refractivity contribution in [3.63, 3.8) is 0 Å². The van der Waals surface area contributed by atoms with E-state index >= 15 is 0 Å². The van der Waals surface area contributed by atoms with Crippen LogP contribution in [0.1, 0.15) is 27.4 Å². The molecule has 2 aromatic rings. The summed E-state index contributed by atoms with van der Waals surface area (Å²) in [7, 11) is 0. The number of aliphatic hydroxyl groups is 1. The molecule has 2 N–H and O–H groups in total. The third-order valence-electron chi connectivity index (χ3n) is 3.26. The van der Waals surface area contributed by atoms with E-state index in [0.717, 1.165) is 11.3 Å². The topological polar surface area (TPSA) is 71.7 Å². The number of hydrogen-bond acceptors (Lipinski definition) is 4. The van der Waals surface area contributed by atoms with Gasteiger partial charge in [0, 0.05) is 11.3 Å². The SMILES string of the molecule is Cc1oc(C)c(C(=O)Nc2ccc(OCCO)cc2)c1C. The summed E-state index contributed by atoms with van der Waals surface area (Å²) in [4.78, 5) is 12.3. The van der Waals surface area contributed by atoms with Gasteiger partial charge in [0.05, 0.1) is 12.2 Å². The van der Waals surface area contributed by atoms with Gasteiger partial charge in [-0.05, 0) is 45.0 Å². The van der Waals surface area contributed by atoms with Crippen molar-refractivity contribution in [2.75, 3.05) is 18.5 Å². The summed E-state index contributed by atoms with van der Waals surface area (Å²) >= 11 is 0. The zero-order valence-electron chi connectivity index (χ0n) is 12.4. The third-order valence-corrected chi connectivity index (χ3v) is 3.26. The van der Waals surface area contributed by atoms with Gasteiger partial charge in [0.2, 0.25) is 0 Å². The molecule has 0 saturated heterocycles. The zero-order chi connectivity index (χ0) is 15.4. The first kappa shape index (κ1) is 15.1. The van der Waals surface area contributed by atoms with Gasteiger partial charge >= 0.3 is 0 Å². The Bertz CT molecular complexity index is 628. The Balaban J connectivity index is 2.09. The van der Waals surface area contributed by atoms with Crippen LogP contribution < -0.4 is 10.1 Å². The summed E-state index contributed by atoms with van der Waals surface area (Å²) in [5.74, 6) is 1.83. The summed E-state index contributed by atoms with van der Waals surface area (Å²) in [5, 5.41) is 11.5. The van der Waals surface area contributed by atoms with E-state index < -0.39 is 0 Å². The minimum Gasteiger partial charge on any atom is -0.491 e. The summed E-state index contributed by atoms with van der Waals surface area (Å²) < 4.78 is 10.7. The fourth-order valence-electron chi connectivity index (χ4n) is 2.12. The van der Waals surface area contributed by atoms with E-state index in [2.05, 4.69) is 5.32 Å². The van der Waals surface area contributed by atoms with Gasteiger partial charge in [0.1, 0.15) is 23.9 Å². The van der Waals surface area contributed by atoms with Crippen LogP contribution in [-0.4, -0.2) is 24.2 Å². The number of carbonyl (C=O) groups is 1. The van der Waals surface area contributed by atoms with Crippen molar-refractivity contribution in [1.82, 2.24) is 0 Å². The van der Waals surface area contributed by atoms with E-state index in [9.17, 15) is 4.79 Å². The number of aryl methyl sites for hydroxylation is 2. The molecule has 21 heavy (non-hydrogen) atoms. The highest BCUT2D eigenvalue weighted by molar-refractivity contribution is 6.06. The van der Waals surface area contributed by atoms with Crippen molar-refractivity contribution in [1.29, 1.82) is 0 Å². The largest absolute Gasteiger partial charge is 0.491 e. The minimum absolute atomic E-state index is 0.0309. The molecule has 0 unspecified atom stereocenters. The first-order valence-corrected chi connectivity index (χ1v) is 6.74. The van der Waals surface area contributed by atoms with E-state index in [1.807, 2.05) is 13.8 Å². The molecule has 1 amide bonds. The Morgan fingerprint density at radius 2 is 1.86 bits per heavy atom. The van der Waals surface area contributed by atoms with Crippen LogP contribution in [0.2, 0.25) is 0 Å². The normalized spacial score (nSPS) is 10.5. The minimum atomic E-state index is -0.189. The highest BCUT2D eigenvalue weighted by atomic mass is 16.5. The van der Waals surface area contributed by atoms with Crippen LogP contribution in [0.4, 0.5) is 5.69 Å². The second-order valence-electron chi connectivity index (χ2n) is 4.77. The van der Waals surface area contributed by atoms with Crippen molar-refractivity contribution in [3.05, 3.63) is 46.9 Å².